The Morgan fingerprint density at radius 2 is 2.06 bits per heavy atom. The van der Waals surface area contributed by atoms with Crippen LogP contribution in [0.4, 0.5) is 0 Å². The molecule has 16 heavy (non-hydrogen) atoms. The molecule has 0 saturated carbocycles. The van der Waals surface area contributed by atoms with Crippen LogP contribution in [0.5, 0.6) is 0 Å². The number of hydrogen-bond donors (Lipinski definition) is 0. The molecule has 2 fully saturated rings. The predicted molar refractivity (Wildman–Crippen MR) is 61.0 cm³/mol. The first-order valence-corrected chi connectivity index (χ1v) is 6.94. The third-order valence-corrected chi connectivity index (χ3v) is 4.81. The van der Waals surface area contributed by atoms with E-state index in [1.165, 1.54) is 0 Å². The molecular weight excluding hydrogens is 229 g/mol. The van der Waals surface area contributed by atoms with Gasteiger partial charge in [0.15, 0.2) is 6.29 Å². The Kier molecular flexibility index (Phi) is 4.53. The summed E-state index contributed by atoms with van der Waals surface area (Å²) >= 11 is 0. The highest BCUT2D eigenvalue weighted by atomic mass is 31.2. The van der Waals surface area contributed by atoms with Gasteiger partial charge in [0.25, 0.3) is 8.53 Å². The van der Waals surface area contributed by atoms with Gasteiger partial charge in [-0.25, -0.2) is 4.67 Å². The Balaban J connectivity index is 1.90. The lowest BCUT2D eigenvalue weighted by atomic mass is 10.2. The molecule has 0 spiro atoms. The molecule has 0 amide bonds. The fraction of sp³-hybridized carbons (Fsp3) is 1.00. The standard InChI is InChI=1S/C10H20NO4P/c1-4-11(5-2)16-13-7-9-8(15-16)6-10(12-3)14-9/h8-10H,4-7H2,1-3H3/t8-,9+,10?,16?/m0/s1. The summed E-state index contributed by atoms with van der Waals surface area (Å²) in [7, 11) is 0.769. The van der Waals surface area contributed by atoms with E-state index in [0.717, 1.165) is 19.5 Å². The van der Waals surface area contributed by atoms with Gasteiger partial charge in [-0.2, -0.15) is 0 Å². The maximum Gasteiger partial charge on any atom is 0.259 e. The Morgan fingerprint density at radius 1 is 1.31 bits per heavy atom. The summed E-state index contributed by atoms with van der Waals surface area (Å²) < 4.78 is 24.7. The highest BCUT2D eigenvalue weighted by molar-refractivity contribution is 7.44. The van der Waals surface area contributed by atoms with Gasteiger partial charge >= 0.3 is 0 Å². The van der Waals surface area contributed by atoms with E-state index in [4.69, 9.17) is 18.5 Å². The summed E-state index contributed by atoms with van der Waals surface area (Å²) in [5.41, 5.74) is 0. The van der Waals surface area contributed by atoms with Gasteiger partial charge in [-0.15, -0.1) is 0 Å². The molecule has 6 heteroatoms. The van der Waals surface area contributed by atoms with Crippen LogP contribution in [-0.4, -0.2) is 50.0 Å². The van der Waals surface area contributed by atoms with Crippen LogP contribution >= 0.6 is 8.53 Å². The molecule has 2 unspecified atom stereocenters. The van der Waals surface area contributed by atoms with Crippen molar-refractivity contribution in [2.45, 2.75) is 38.8 Å². The molecule has 0 radical (unpaired) electrons. The molecule has 0 aromatic rings. The Labute approximate surface area is 98.0 Å². The quantitative estimate of drug-likeness (QED) is 0.710. The number of hydrogen-bond acceptors (Lipinski definition) is 5. The molecule has 2 heterocycles. The molecule has 0 aromatic heterocycles. The van der Waals surface area contributed by atoms with E-state index in [2.05, 4.69) is 18.5 Å². The molecule has 4 atom stereocenters. The second-order valence-electron chi connectivity index (χ2n) is 3.89. The number of nitrogens with zero attached hydrogens (tertiary/aromatic N) is 1. The van der Waals surface area contributed by atoms with Crippen LogP contribution in [0.25, 0.3) is 0 Å². The maximum absolute atomic E-state index is 5.95. The summed E-state index contributed by atoms with van der Waals surface area (Å²) in [6, 6.07) is 0. The number of methoxy groups -OCH3 is 1. The summed E-state index contributed by atoms with van der Waals surface area (Å²) in [6.45, 7) is 6.76. The van der Waals surface area contributed by atoms with Crippen molar-refractivity contribution in [3.05, 3.63) is 0 Å². The molecule has 2 rings (SSSR count). The minimum Gasteiger partial charge on any atom is -0.356 e. The molecule has 0 aromatic carbocycles. The second kappa shape index (κ2) is 5.71. The van der Waals surface area contributed by atoms with Crippen molar-refractivity contribution in [1.82, 2.24) is 4.67 Å². The third-order valence-electron chi connectivity index (χ3n) is 2.96. The monoisotopic (exact) mass is 249 g/mol. The molecule has 94 valence electrons. The van der Waals surface area contributed by atoms with Crippen molar-refractivity contribution in [2.75, 3.05) is 26.8 Å². The molecular formula is C10H20NO4P. The number of rotatable bonds is 4. The van der Waals surface area contributed by atoms with Crippen LogP contribution in [-0.2, 0) is 18.5 Å². The van der Waals surface area contributed by atoms with E-state index in [9.17, 15) is 0 Å². The van der Waals surface area contributed by atoms with Crippen molar-refractivity contribution >= 4 is 8.53 Å². The first kappa shape index (κ1) is 12.7. The fourth-order valence-electron chi connectivity index (χ4n) is 1.98. The van der Waals surface area contributed by atoms with E-state index in [1.54, 1.807) is 7.11 Å². The predicted octanol–water partition coefficient (Wildman–Crippen LogP) is 1.73. The van der Waals surface area contributed by atoms with Crippen molar-refractivity contribution in [3.63, 3.8) is 0 Å². The van der Waals surface area contributed by atoms with Gasteiger partial charge in [0.1, 0.15) is 6.10 Å². The average Bonchev–Trinajstić information content (AvgIpc) is 2.73. The minimum atomic E-state index is -0.893. The highest BCUT2D eigenvalue weighted by Crippen LogP contribution is 2.50. The molecule has 2 aliphatic rings. The van der Waals surface area contributed by atoms with Gasteiger partial charge in [-0.05, 0) is 0 Å². The Bertz CT molecular complexity index is 227. The molecule has 0 bridgehead atoms. The van der Waals surface area contributed by atoms with Crippen LogP contribution in [0.15, 0.2) is 0 Å². The SMILES string of the molecule is CCN(CC)P1OC[C@H]2OC(OC)C[C@@H]2O1. The largest absolute Gasteiger partial charge is 0.356 e. The fourth-order valence-corrected chi connectivity index (χ4v) is 3.52. The molecule has 0 aliphatic carbocycles. The lowest BCUT2D eigenvalue weighted by molar-refractivity contribution is -0.129. The lowest BCUT2D eigenvalue weighted by Crippen LogP contribution is -2.35. The average molecular weight is 249 g/mol. The Hall–Kier alpha value is 0.230. The van der Waals surface area contributed by atoms with Gasteiger partial charge in [-0.3, -0.25) is 0 Å². The second-order valence-corrected chi connectivity index (χ2v) is 5.40. The first-order chi connectivity index (χ1) is 7.78. The molecule has 2 saturated heterocycles. The van der Waals surface area contributed by atoms with Crippen molar-refractivity contribution in [3.8, 4) is 0 Å². The summed E-state index contributed by atoms with van der Waals surface area (Å²) in [5.74, 6) is 0. The van der Waals surface area contributed by atoms with E-state index in [0.29, 0.717) is 6.61 Å². The van der Waals surface area contributed by atoms with Crippen LogP contribution in [0, 0.1) is 0 Å². The van der Waals surface area contributed by atoms with Crippen molar-refractivity contribution in [2.24, 2.45) is 0 Å². The topological polar surface area (TPSA) is 40.2 Å². The van der Waals surface area contributed by atoms with E-state index < -0.39 is 8.53 Å². The summed E-state index contributed by atoms with van der Waals surface area (Å²) in [6.07, 6.45) is 0.847. The summed E-state index contributed by atoms with van der Waals surface area (Å²) in [4.78, 5) is 0. The van der Waals surface area contributed by atoms with E-state index in [1.807, 2.05) is 0 Å². The van der Waals surface area contributed by atoms with Crippen molar-refractivity contribution < 1.29 is 18.5 Å². The normalized spacial score (nSPS) is 39.0. The molecule has 0 N–H and O–H groups in total. The van der Waals surface area contributed by atoms with Gasteiger partial charge < -0.3 is 18.5 Å². The van der Waals surface area contributed by atoms with Crippen molar-refractivity contribution in [1.29, 1.82) is 0 Å². The lowest BCUT2D eigenvalue weighted by Gasteiger charge is -2.35. The zero-order chi connectivity index (χ0) is 11.5. The highest BCUT2D eigenvalue weighted by Gasteiger charge is 2.43. The third kappa shape index (κ3) is 2.55. The minimum absolute atomic E-state index is 0.0410. The van der Waals surface area contributed by atoms with E-state index >= 15 is 0 Å². The maximum atomic E-state index is 5.95. The van der Waals surface area contributed by atoms with Crippen LogP contribution in [0.2, 0.25) is 0 Å². The van der Waals surface area contributed by atoms with Crippen LogP contribution in [0.1, 0.15) is 20.3 Å². The molecule has 2 aliphatic heterocycles. The van der Waals surface area contributed by atoms with Gasteiger partial charge in [-0.1, -0.05) is 13.8 Å². The first-order valence-electron chi connectivity index (χ1n) is 5.81. The van der Waals surface area contributed by atoms with Gasteiger partial charge in [0.2, 0.25) is 0 Å². The zero-order valence-electron chi connectivity index (χ0n) is 10.1. The van der Waals surface area contributed by atoms with Crippen LogP contribution in [0.3, 0.4) is 0 Å². The number of fused-ring (bicyclic) bond motifs is 1. The van der Waals surface area contributed by atoms with E-state index in [-0.39, 0.29) is 18.5 Å². The summed E-state index contributed by atoms with van der Waals surface area (Å²) in [5, 5.41) is 0. The number of ether oxygens (including phenoxy) is 2. The zero-order valence-corrected chi connectivity index (χ0v) is 11.0. The smallest absolute Gasteiger partial charge is 0.259 e. The molecule has 5 nitrogen and oxygen atoms in total. The van der Waals surface area contributed by atoms with Gasteiger partial charge in [0.05, 0.1) is 12.7 Å². The Morgan fingerprint density at radius 3 is 2.69 bits per heavy atom. The van der Waals surface area contributed by atoms with Crippen LogP contribution < -0.4 is 0 Å². The van der Waals surface area contributed by atoms with Gasteiger partial charge in [0, 0.05) is 26.6 Å².